The first-order valence-electron chi connectivity index (χ1n) is 11.6. The topological polar surface area (TPSA) is 91.7 Å². The minimum absolute atomic E-state index is 0.0681. The summed E-state index contributed by atoms with van der Waals surface area (Å²) in [7, 11) is 0. The SMILES string of the molecule is CC(/C=C/C=O)=C\C=C\C(C)=C1\C(=O)C[C@H]2[C@@]3(C)CC[C@H](O)[C@](C)(C(=O)O)[C@@H]3CC[C@]12C. The van der Waals surface area contributed by atoms with Gasteiger partial charge in [-0.25, -0.2) is 0 Å². The van der Waals surface area contributed by atoms with E-state index in [0.29, 0.717) is 19.3 Å². The Bertz CT molecular complexity index is 938. The zero-order valence-electron chi connectivity index (χ0n) is 19.9. The second-order valence-electron chi connectivity index (χ2n) is 10.7. The molecule has 0 saturated heterocycles. The Morgan fingerprint density at radius 1 is 1.03 bits per heavy atom. The molecule has 5 nitrogen and oxygen atoms in total. The molecule has 0 heterocycles. The number of aliphatic carboxylic acids is 1. The van der Waals surface area contributed by atoms with Gasteiger partial charge in [-0.2, -0.15) is 0 Å². The van der Waals surface area contributed by atoms with Crippen LogP contribution in [0.5, 0.6) is 0 Å². The van der Waals surface area contributed by atoms with Crippen molar-refractivity contribution in [1.29, 1.82) is 0 Å². The second kappa shape index (κ2) is 8.58. The Hall–Kier alpha value is -2.27. The molecule has 3 aliphatic carbocycles. The second-order valence-corrected chi connectivity index (χ2v) is 10.7. The average molecular weight is 441 g/mol. The van der Waals surface area contributed by atoms with Crippen LogP contribution in [0.15, 0.2) is 47.1 Å². The third-order valence-corrected chi connectivity index (χ3v) is 8.92. The quantitative estimate of drug-likeness (QED) is 0.363. The number of fused-ring (bicyclic) bond motifs is 3. The number of carbonyl (C=O) groups excluding carboxylic acids is 2. The van der Waals surface area contributed by atoms with Crippen molar-refractivity contribution in [2.75, 3.05) is 0 Å². The van der Waals surface area contributed by atoms with Crippen molar-refractivity contribution in [3.8, 4) is 0 Å². The first-order chi connectivity index (χ1) is 14.9. The van der Waals surface area contributed by atoms with Gasteiger partial charge >= 0.3 is 5.97 Å². The summed E-state index contributed by atoms with van der Waals surface area (Å²) >= 11 is 0. The average Bonchev–Trinajstić information content (AvgIpc) is 3.00. The molecule has 0 aromatic rings. The highest BCUT2D eigenvalue weighted by molar-refractivity contribution is 6.01. The number of Topliss-reactive ketones (excluding diaryl/α,β-unsaturated/α-hetero) is 1. The molecule has 32 heavy (non-hydrogen) atoms. The van der Waals surface area contributed by atoms with Crippen LogP contribution in [-0.2, 0) is 14.4 Å². The van der Waals surface area contributed by atoms with Crippen LogP contribution in [0.2, 0.25) is 0 Å². The lowest BCUT2D eigenvalue weighted by Crippen LogP contribution is -2.61. The van der Waals surface area contributed by atoms with Gasteiger partial charge in [0.05, 0.1) is 11.5 Å². The summed E-state index contributed by atoms with van der Waals surface area (Å²) in [4.78, 5) is 36.0. The zero-order chi connectivity index (χ0) is 23.9. The Balaban J connectivity index is 1.98. The van der Waals surface area contributed by atoms with Crippen molar-refractivity contribution in [1.82, 2.24) is 0 Å². The van der Waals surface area contributed by atoms with Crippen molar-refractivity contribution in [3.63, 3.8) is 0 Å². The monoisotopic (exact) mass is 440 g/mol. The van der Waals surface area contributed by atoms with E-state index in [9.17, 15) is 24.6 Å². The van der Waals surface area contributed by atoms with Crippen LogP contribution >= 0.6 is 0 Å². The Labute approximate surface area is 191 Å². The van der Waals surface area contributed by atoms with E-state index in [-0.39, 0.29) is 28.4 Å². The highest BCUT2D eigenvalue weighted by atomic mass is 16.4. The predicted octanol–water partition coefficient (Wildman–Crippen LogP) is 4.82. The van der Waals surface area contributed by atoms with E-state index in [0.717, 1.165) is 35.8 Å². The molecule has 0 bridgehead atoms. The van der Waals surface area contributed by atoms with E-state index in [1.807, 2.05) is 32.1 Å². The smallest absolute Gasteiger partial charge is 0.312 e. The molecule has 0 unspecified atom stereocenters. The number of carboxylic acid groups (broad SMARTS) is 1. The number of aliphatic hydroxyl groups is 1. The summed E-state index contributed by atoms with van der Waals surface area (Å²) in [5, 5.41) is 20.7. The van der Waals surface area contributed by atoms with Crippen LogP contribution in [0.1, 0.15) is 66.7 Å². The van der Waals surface area contributed by atoms with E-state index in [2.05, 4.69) is 13.8 Å². The fourth-order valence-corrected chi connectivity index (χ4v) is 7.23. The summed E-state index contributed by atoms with van der Waals surface area (Å²) in [5.41, 5.74) is 0.967. The molecule has 174 valence electrons. The number of allylic oxidation sites excluding steroid dienone is 8. The number of ketones is 1. The summed E-state index contributed by atoms with van der Waals surface area (Å²) in [6, 6.07) is 0. The number of hydrogen-bond donors (Lipinski definition) is 2. The van der Waals surface area contributed by atoms with E-state index in [1.54, 1.807) is 13.0 Å². The number of hydrogen-bond acceptors (Lipinski definition) is 4. The molecular weight excluding hydrogens is 404 g/mol. The van der Waals surface area contributed by atoms with Gasteiger partial charge in [-0.3, -0.25) is 14.4 Å². The molecule has 0 aliphatic heterocycles. The lowest BCUT2D eigenvalue weighted by Gasteiger charge is -2.61. The molecule has 3 aliphatic rings. The molecular formula is C27H36O5. The maximum absolute atomic E-state index is 13.3. The number of rotatable bonds is 5. The van der Waals surface area contributed by atoms with Gasteiger partial charge in [-0.05, 0) is 75.4 Å². The number of aldehydes is 1. The van der Waals surface area contributed by atoms with E-state index in [4.69, 9.17) is 0 Å². The minimum atomic E-state index is -1.18. The molecule has 0 radical (unpaired) electrons. The van der Waals surface area contributed by atoms with E-state index >= 15 is 0 Å². The lowest BCUT2D eigenvalue weighted by atomic mass is 9.43. The van der Waals surface area contributed by atoms with Crippen molar-refractivity contribution in [3.05, 3.63) is 47.1 Å². The summed E-state index contributed by atoms with van der Waals surface area (Å²) in [5.74, 6) is -0.869. The van der Waals surface area contributed by atoms with Crippen molar-refractivity contribution in [2.24, 2.45) is 28.1 Å². The first-order valence-corrected chi connectivity index (χ1v) is 11.6. The van der Waals surface area contributed by atoms with Crippen molar-refractivity contribution in [2.45, 2.75) is 72.8 Å². The molecule has 2 N–H and O–H groups in total. The molecule has 0 aromatic carbocycles. The Kier molecular flexibility index (Phi) is 6.54. The van der Waals surface area contributed by atoms with E-state index < -0.39 is 17.5 Å². The van der Waals surface area contributed by atoms with Gasteiger partial charge in [0.2, 0.25) is 0 Å². The molecule has 0 aromatic heterocycles. The number of aliphatic hydroxyl groups excluding tert-OH is 1. The molecule has 3 saturated carbocycles. The summed E-state index contributed by atoms with van der Waals surface area (Å²) < 4.78 is 0. The van der Waals surface area contributed by atoms with Crippen molar-refractivity contribution >= 4 is 18.0 Å². The van der Waals surface area contributed by atoms with Crippen LogP contribution in [0.4, 0.5) is 0 Å². The zero-order valence-corrected chi connectivity index (χ0v) is 19.9. The van der Waals surface area contributed by atoms with Gasteiger partial charge < -0.3 is 10.2 Å². The lowest BCUT2D eigenvalue weighted by molar-refractivity contribution is -0.194. The van der Waals surface area contributed by atoms with Crippen LogP contribution < -0.4 is 0 Å². The third-order valence-electron chi connectivity index (χ3n) is 8.92. The molecule has 3 rings (SSSR count). The summed E-state index contributed by atoms with van der Waals surface area (Å²) in [6.45, 7) is 9.90. The molecule has 6 atom stereocenters. The maximum Gasteiger partial charge on any atom is 0.312 e. The Morgan fingerprint density at radius 3 is 2.34 bits per heavy atom. The van der Waals surface area contributed by atoms with Crippen LogP contribution in [0.3, 0.4) is 0 Å². The fourth-order valence-electron chi connectivity index (χ4n) is 7.23. The van der Waals surface area contributed by atoms with Gasteiger partial charge in [0.25, 0.3) is 0 Å². The Morgan fingerprint density at radius 2 is 1.72 bits per heavy atom. The van der Waals surface area contributed by atoms with Crippen molar-refractivity contribution < 1.29 is 24.6 Å². The van der Waals surface area contributed by atoms with Gasteiger partial charge in [0.15, 0.2) is 5.78 Å². The number of carbonyl (C=O) groups is 3. The van der Waals surface area contributed by atoms with Gasteiger partial charge in [0.1, 0.15) is 6.29 Å². The summed E-state index contributed by atoms with van der Waals surface area (Å²) in [6.07, 6.45) is 11.9. The maximum atomic E-state index is 13.3. The molecule has 3 fully saturated rings. The molecule has 5 heteroatoms. The fraction of sp³-hybridized carbons (Fsp3) is 0.593. The molecule has 0 spiro atoms. The normalized spacial score (nSPS) is 41.6. The van der Waals surface area contributed by atoms with Crippen LogP contribution in [-0.4, -0.2) is 34.4 Å². The minimum Gasteiger partial charge on any atom is -0.481 e. The number of carboxylic acids is 1. The van der Waals surface area contributed by atoms with Gasteiger partial charge in [-0.15, -0.1) is 0 Å². The third kappa shape index (κ3) is 3.64. The standard InChI is InChI=1S/C27H36O5/c1-17(9-7-15-28)8-6-10-18(2)23-19(29)16-21-25(3)14-12-22(30)27(5,24(31)32)20(25)11-13-26(21,23)4/h6-10,15,20-22,30H,11-14,16H2,1-5H3,(H,31,32)/b9-7+,10-6+,17-8+,23-18-/t20-,21+,22+,25+,26+,27-/m1/s1. The van der Waals surface area contributed by atoms with E-state index in [1.165, 1.54) is 6.08 Å². The highest BCUT2D eigenvalue weighted by Gasteiger charge is 2.67. The van der Waals surface area contributed by atoms with Crippen LogP contribution in [0, 0.1) is 28.1 Å². The van der Waals surface area contributed by atoms with Gasteiger partial charge in [0, 0.05) is 17.4 Å². The largest absolute Gasteiger partial charge is 0.481 e. The highest BCUT2D eigenvalue weighted by Crippen LogP contribution is 2.69. The first kappa shape index (κ1) is 24.4. The van der Waals surface area contributed by atoms with Crippen LogP contribution in [0.25, 0.3) is 0 Å². The predicted molar refractivity (Wildman–Crippen MR) is 124 cm³/mol. The van der Waals surface area contributed by atoms with Gasteiger partial charge in [-0.1, -0.05) is 43.7 Å². The molecule has 0 amide bonds.